The Bertz CT molecular complexity index is 323. The molecule has 78 valence electrons. The Morgan fingerprint density at radius 3 is 2.86 bits per heavy atom. The van der Waals surface area contributed by atoms with Crippen LogP contribution in [-0.2, 0) is 11.3 Å². The molecule has 0 aliphatic carbocycles. The minimum absolute atomic E-state index is 0.252. The first-order chi connectivity index (χ1) is 6.65. The number of hydrogen-bond acceptors (Lipinski definition) is 4. The highest BCUT2D eigenvalue weighted by atomic mass is 32.2. The lowest BCUT2D eigenvalue weighted by atomic mass is 10.5. The molecule has 0 unspecified atom stereocenters. The molecule has 5 nitrogen and oxygen atoms in total. The molecule has 1 amide bonds. The summed E-state index contributed by atoms with van der Waals surface area (Å²) in [4.78, 5) is 10.6. The molecule has 6 heteroatoms. The topological polar surface area (TPSA) is 73.8 Å². The summed E-state index contributed by atoms with van der Waals surface area (Å²) >= 11 is 1.33. The van der Waals surface area contributed by atoms with E-state index in [0.717, 1.165) is 23.9 Å². The van der Waals surface area contributed by atoms with Crippen LogP contribution in [0.4, 0.5) is 0 Å². The van der Waals surface area contributed by atoms with Crippen LogP contribution >= 0.6 is 11.8 Å². The van der Waals surface area contributed by atoms with Gasteiger partial charge in [0.1, 0.15) is 5.82 Å². The third-order valence-electron chi connectivity index (χ3n) is 1.69. The van der Waals surface area contributed by atoms with Gasteiger partial charge in [0.05, 0.1) is 5.75 Å². The van der Waals surface area contributed by atoms with Crippen molar-refractivity contribution in [3.8, 4) is 0 Å². The first kappa shape index (κ1) is 11.0. The molecule has 1 rings (SSSR count). The zero-order valence-corrected chi connectivity index (χ0v) is 9.17. The molecule has 0 aromatic carbocycles. The lowest BCUT2D eigenvalue weighted by Crippen LogP contribution is -2.14. The Hall–Kier alpha value is -1.04. The molecule has 1 aromatic heterocycles. The summed E-state index contributed by atoms with van der Waals surface area (Å²) in [6.45, 7) is 4.86. The summed E-state index contributed by atoms with van der Waals surface area (Å²) < 4.78 is 1.99. The molecule has 14 heavy (non-hydrogen) atoms. The lowest BCUT2D eigenvalue weighted by Gasteiger charge is -2.04. The number of thioether (sulfide) groups is 1. The number of primary amides is 1. The predicted molar refractivity (Wildman–Crippen MR) is 55.0 cm³/mol. The van der Waals surface area contributed by atoms with E-state index in [1.54, 1.807) is 0 Å². The van der Waals surface area contributed by atoms with Crippen LogP contribution in [0.25, 0.3) is 0 Å². The molecule has 1 aromatic rings. The van der Waals surface area contributed by atoms with Crippen LogP contribution in [0.5, 0.6) is 0 Å². The average Bonchev–Trinajstić information content (AvgIpc) is 2.46. The Morgan fingerprint density at radius 1 is 1.57 bits per heavy atom. The first-order valence-electron chi connectivity index (χ1n) is 4.46. The quantitative estimate of drug-likeness (QED) is 0.727. The Kier molecular flexibility index (Phi) is 3.94. The summed E-state index contributed by atoms with van der Waals surface area (Å²) in [7, 11) is 0. The van der Waals surface area contributed by atoms with E-state index in [2.05, 4.69) is 17.1 Å². The summed E-state index contributed by atoms with van der Waals surface area (Å²) in [5.74, 6) is 0.791. The third kappa shape index (κ3) is 2.73. The van der Waals surface area contributed by atoms with E-state index in [1.807, 2.05) is 11.5 Å². The van der Waals surface area contributed by atoms with E-state index in [4.69, 9.17) is 5.73 Å². The molecule has 1 heterocycles. The van der Waals surface area contributed by atoms with Gasteiger partial charge in [-0.15, -0.1) is 10.2 Å². The standard InChI is InChI=1S/C8H14N4OS/c1-3-4-12-6(2)10-11-8(12)14-5-7(9)13/h3-5H2,1-2H3,(H2,9,13). The van der Waals surface area contributed by atoms with Gasteiger partial charge in [0.25, 0.3) is 0 Å². The fourth-order valence-corrected chi connectivity index (χ4v) is 1.83. The van der Waals surface area contributed by atoms with Crippen molar-refractivity contribution in [1.29, 1.82) is 0 Å². The van der Waals surface area contributed by atoms with E-state index in [0.29, 0.717) is 0 Å². The van der Waals surface area contributed by atoms with Crippen molar-refractivity contribution in [2.24, 2.45) is 5.73 Å². The zero-order chi connectivity index (χ0) is 10.6. The SMILES string of the molecule is CCCn1c(C)nnc1SCC(N)=O. The van der Waals surface area contributed by atoms with Crippen molar-refractivity contribution in [1.82, 2.24) is 14.8 Å². The number of aromatic nitrogens is 3. The van der Waals surface area contributed by atoms with Crippen LogP contribution in [0.15, 0.2) is 5.16 Å². The number of nitrogens with two attached hydrogens (primary N) is 1. The van der Waals surface area contributed by atoms with Gasteiger partial charge in [-0.1, -0.05) is 18.7 Å². The molecular formula is C8H14N4OS. The highest BCUT2D eigenvalue weighted by Crippen LogP contribution is 2.16. The molecule has 0 radical (unpaired) electrons. The zero-order valence-electron chi connectivity index (χ0n) is 8.36. The maximum absolute atomic E-state index is 10.6. The monoisotopic (exact) mass is 214 g/mol. The van der Waals surface area contributed by atoms with E-state index in [1.165, 1.54) is 11.8 Å². The van der Waals surface area contributed by atoms with Gasteiger partial charge in [-0.3, -0.25) is 4.79 Å². The second-order valence-electron chi connectivity index (χ2n) is 2.94. The van der Waals surface area contributed by atoms with Gasteiger partial charge in [-0.2, -0.15) is 0 Å². The number of amides is 1. The summed E-state index contributed by atoms with van der Waals surface area (Å²) in [5, 5.41) is 8.69. The minimum atomic E-state index is -0.335. The number of aryl methyl sites for hydroxylation is 1. The lowest BCUT2D eigenvalue weighted by molar-refractivity contribution is -0.115. The number of carbonyl (C=O) groups excluding carboxylic acids is 1. The van der Waals surface area contributed by atoms with Crippen LogP contribution < -0.4 is 5.73 Å². The maximum atomic E-state index is 10.6. The fourth-order valence-electron chi connectivity index (χ4n) is 1.09. The largest absolute Gasteiger partial charge is 0.369 e. The van der Waals surface area contributed by atoms with Gasteiger partial charge in [0, 0.05) is 6.54 Å². The van der Waals surface area contributed by atoms with Crippen LogP contribution in [-0.4, -0.2) is 26.4 Å². The fraction of sp³-hybridized carbons (Fsp3) is 0.625. The van der Waals surface area contributed by atoms with Crippen molar-refractivity contribution >= 4 is 17.7 Å². The second-order valence-corrected chi connectivity index (χ2v) is 3.88. The van der Waals surface area contributed by atoms with Gasteiger partial charge in [0.2, 0.25) is 5.91 Å². The molecule has 0 atom stereocenters. The molecule has 0 saturated carbocycles. The number of rotatable bonds is 5. The third-order valence-corrected chi connectivity index (χ3v) is 2.68. The molecule has 0 bridgehead atoms. The van der Waals surface area contributed by atoms with Crippen LogP contribution in [0.2, 0.25) is 0 Å². The van der Waals surface area contributed by atoms with Gasteiger partial charge in [-0.25, -0.2) is 0 Å². The first-order valence-corrected chi connectivity index (χ1v) is 5.44. The molecule has 0 saturated heterocycles. The molecule has 0 spiro atoms. The summed E-state index contributed by atoms with van der Waals surface area (Å²) in [5.41, 5.74) is 5.05. The minimum Gasteiger partial charge on any atom is -0.369 e. The highest BCUT2D eigenvalue weighted by Gasteiger charge is 2.09. The van der Waals surface area contributed by atoms with Crippen molar-refractivity contribution in [2.75, 3.05) is 5.75 Å². The smallest absolute Gasteiger partial charge is 0.227 e. The van der Waals surface area contributed by atoms with Crippen molar-refractivity contribution in [2.45, 2.75) is 32.0 Å². The molecule has 0 aliphatic rings. The van der Waals surface area contributed by atoms with Gasteiger partial charge in [-0.05, 0) is 13.3 Å². The van der Waals surface area contributed by atoms with Crippen LogP contribution in [0, 0.1) is 6.92 Å². The molecule has 2 N–H and O–H groups in total. The average molecular weight is 214 g/mol. The van der Waals surface area contributed by atoms with E-state index in [9.17, 15) is 4.79 Å². The van der Waals surface area contributed by atoms with Crippen molar-refractivity contribution in [3.05, 3.63) is 5.82 Å². The van der Waals surface area contributed by atoms with E-state index in [-0.39, 0.29) is 11.7 Å². The molecule has 0 fully saturated rings. The number of nitrogens with zero attached hydrogens (tertiary/aromatic N) is 3. The van der Waals surface area contributed by atoms with Gasteiger partial charge in [0.15, 0.2) is 5.16 Å². The van der Waals surface area contributed by atoms with Crippen LogP contribution in [0.1, 0.15) is 19.2 Å². The Morgan fingerprint density at radius 2 is 2.29 bits per heavy atom. The Balaban J connectivity index is 2.70. The highest BCUT2D eigenvalue weighted by molar-refractivity contribution is 7.99. The maximum Gasteiger partial charge on any atom is 0.227 e. The molecular weight excluding hydrogens is 200 g/mol. The van der Waals surface area contributed by atoms with Crippen molar-refractivity contribution < 1.29 is 4.79 Å². The van der Waals surface area contributed by atoms with Crippen LogP contribution in [0.3, 0.4) is 0 Å². The van der Waals surface area contributed by atoms with Gasteiger partial charge >= 0.3 is 0 Å². The molecule has 0 aliphatic heterocycles. The van der Waals surface area contributed by atoms with Gasteiger partial charge < -0.3 is 10.3 Å². The van der Waals surface area contributed by atoms with E-state index < -0.39 is 0 Å². The van der Waals surface area contributed by atoms with E-state index >= 15 is 0 Å². The summed E-state index contributed by atoms with van der Waals surface area (Å²) in [6.07, 6.45) is 1.02. The predicted octanol–water partition coefficient (Wildman–Crippen LogP) is 0.574. The van der Waals surface area contributed by atoms with Crippen molar-refractivity contribution in [3.63, 3.8) is 0 Å². The second kappa shape index (κ2) is 4.99. The Labute approximate surface area is 87.1 Å². The number of carbonyl (C=O) groups is 1. The number of hydrogen-bond donors (Lipinski definition) is 1. The summed E-state index contributed by atoms with van der Waals surface area (Å²) in [6, 6.07) is 0. The normalized spacial score (nSPS) is 10.4.